The van der Waals surface area contributed by atoms with Crippen molar-refractivity contribution in [1.82, 2.24) is 9.38 Å². The average molecular weight is 398 g/mol. The van der Waals surface area contributed by atoms with E-state index in [4.69, 9.17) is 16.3 Å². The minimum Gasteiger partial charge on any atom is -0.495 e. The van der Waals surface area contributed by atoms with Crippen molar-refractivity contribution in [3.05, 3.63) is 69.6 Å². The summed E-state index contributed by atoms with van der Waals surface area (Å²) in [6.07, 6.45) is 3.94. The fourth-order valence-corrected chi connectivity index (χ4v) is 3.75. The van der Waals surface area contributed by atoms with Crippen LogP contribution in [0.4, 0.5) is 5.69 Å². The van der Waals surface area contributed by atoms with Crippen molar-refractivity contribution in [3.8, 4) is 17.0 Å². The number of nitrogens with one attached hydrogen (secondary N) is 1. The van der Waals surface area contributed by atoms with Gasteiger partial charge in [0, 0.05) is 18.0 Å². The van der Waals surface area contributed by atoms with Gasteiger partial charge in [-0.25, -0.2) is 4.98 Å². The number of thiophene rings is 1. The van der Waals surface area contributed by atoms with Crippen LogP contribution >= 0.6 is 22.9 Å². The molecule has 1 N–H and O–H groups in total. The maximum absolute atomic E-state index is 12.5. The van der Waals surface area contributed by atoms with Gasteiger partial charge in [-0.2, -0.15) is 0 Å². The maximum Gasteiger partial charge on any atom is 0.265 e. The third-order valence-electron chi connectivity index (χ3n) is 4.16. The van der Waals surface area contributed by atoms with Gasteiger partial charge in [-0.15, -0.1) is 11.3 Å². The fraction of sp³-hybridized carbons (Fsp3) is 0.100. The number of carbonyl (C=O) groups is 1. The Balaban J connectivity index is 1.70. The lowest BCUT2D eigenvalue weighted by Crippen LogP contribution is -2.11. The summed E-state index contributed by atoms with van der Waals surface area (Å²) in [5, 5.41) is 2.90. The van der Waals surface area contributed by atoms with Crippen molar-refractivity contribution in [2.45, 2.75) is 6.92 Å². The van der Waals surface area contributed by atoms with Crippen molar-refractivity contribution in [1.29, 1.82) is 0 Å². The van der Waals surface area contributed by atoms with Crippen LogP contribution in [0.5, 0.6) is 5.75 Å². The highest BCUT2D eigenvalue weighted by Gasteiger charge is 2.14. The molecule has 7 heteroatoms. The molecule has 0 saturated heterocycles. The second-order valence-electron chi connectivity index (χ2n) is 6.07. The van der Waals surface area contributed by atoms with Gasteiger partial charge < -0.3 is 14.5 Å². The molecule has 0 radical (unpaired) electrons. The smallest absolute Gasteiger partial charge is 0.265 e. The number of ether oxygens (including phenoxy) is 1. The van der Waals surface area contributed by atoms with Crippen molar-refractivity contribution < 1.29 is 9.53 Å². The quantitative estimate of drug-likeness (QED) is 0.509. The number of amides is 1. The summed E-state index contributed by atoms with van der Waals surface area (Å²) in [4.78, 5) is 17.7. The largest absolute Gasteiger partial charge is 0.495 e. The Hall–Kier alpha value is -2.83. The van der Waals surface area contributed by atoms with Gasteiger partial charge >= 0.3 is 0 Å². The van der Waals surface area contributed by atoms with Gasteiger partial charge in [0.2, 0.25) is 0 Å². The second-order valence-corrected chi connectivity index (χ2v) is 7.78. The Bertz CT molecular complexity index is 1150. The third kappa shape index (κ3) is 3.54. The van der Waals surface area contributed by atoms with Gasteiger partial charge in [0.25, 0.3) is 5.91 Å². The number of aromatic nitrogens is 2. The summed E-state index contributed by atoms with van der Waals surface area (Å²) in [6.45, 7) is 2.03. The Morgan fingerprint density at radius 1 is 1.22 bits per heavy atom. The number of carbonyl (C=O) groups excluding carboxylic acids is 1. The van der Waals surface area contributed by atoms with Gasteiger partial charge in [0.05, 0.1) is 27.7 Å². The number of imidazole rings is 1. The minimum atomic E-state index is -0.229. The average Bonchev–Trinajstić information content (AvgIpc) is 3.27. The van der Waals surface area contributed by atoms with E-state index < -0.39 is 0 Å². The molecule has 0 fully saturated rings. The van der Waals surface area contributed by atoms with Crippen LogP contribution in [-0.2, 0) is 0 Å². The van der Waals surface area contributed by atoms with Crippen LogP contribution in [-0.4, -0.2) is 22.4 Å². The van der Waals surface area contributed by atoms with E-state index in [0.29, 0.717) is 20.7 Å². The lowest BCUT2D eigenvalue weighted by atomic mass is 10.1. The molecule has 3 heterocycles. The standard InChI is InChI=1S/C20H16ClN3O2S/c1-12-7-8-24-11-15(22-19(24)9-12)13-3-4-16(26-2)14(10-13)23-20(25)17-5-6-18(21)27-17/h3-11H,1-2H3,(H,23,25). The highest BCUT2D eigenvalue weighted by Crippen LogP contribution is 2.31. The van der Waals surface area contributed by atoms with Crippen LogP contribution in [0.2, 0.25) is 4.34 Å². The molecule has 0 atom stereocenters. The Labute approximate surface area is 165 Å². The van der Waals surface area contributed by atoms with Gasteiger partial charge in [-0.05, 0) is 55.0 Å². The zero-order chi connectivity index (χ0) is 19.0. The van der Waals surface area contributed by atoms with Crippen molar-refractivity contribution >= 4 is 40.2 Å². The predicted octanol–water partition coefficient (Wildman–Crippen LogP) is 5.29. The van der Waals surface area contributed by atoms with Gasteiger partial charge in [-0.1, -0.05) is 11.6 Å². The summed E-state index contributed by atoms with van der Waals surface area (Å²) >= 11 is 7.15. The number of methoxy groups -OCH3 is 1. The fourth-order valence-electron chi connectivity index (χ4n) is 2.81. The number of halogens is 1. The summed E-state index contributed by atoms with van der Waals surface area (Å²) in [5.74, 6) is 0.349. The molecule has 5 nitrogen and oxygen atoms in total. The van der Waals surface area contributed by atoms with E-state index >= 15 is 0 Å². The zero-order valence-corrected chi connectivity index (χ0v) is 16.3. The van der Waals surface area contributed by atoms with E-state index in [0.717, 1.165) is 22.5 Å². The van der Waals surface area contributed by atoms with E-state index in [1.165, 1.54) is 11.3 Å². The first-order chi connectivity index (χ1) is 13.0. The number of fused-ring (bicyclic) bond motifs is 1. The molecular formula is C20H16ClN3O2S. The lowest BCUT2D eigenvalue weighted by Gasteiger charge is -2.11. The summed E-state index contributed by atoms with van der Waals surface area (Å²) in [7, 11) is 1.57. The zero-order valence-electron chi connectivity index (χ0n) is 14.7. The van der Waals surface area contributed by atoms with Gasteiger partial charge in [-0.3, -0.25) is 4.79 Å². The predicted molar refractivity (Wildman–Crippen MR) is 109 cm³/mol. The van der Waals surface area contributed by atoms with Crippen LogP contribution in [0.15, 0.2) is 54.9 Å². The molecule has 4 aromatic rings. The molecule has 0 bridgehead atoms. The molecular weight excluding hydrogens is 382 g/mol. The number of benzene rings is 1. The molecule has 0 spiro atoms. The molecule has 1 aromatic carbocycles. The van der Waals surface area contributed by atoms with Crippen LogP contribution in [0.1, 0.15) is 15.2 Å². The number of nitrogens with zero attached hydrogens (tertiary/aromatic N) is 2. The molecule has 0 aliphatic heterocycles. The topological polar surface area (TPSA) is 55.6 Å². The van der Waals surface area contributed by atoms with Crippen molar-refractivity contribution in [2.24, 2.45) is 0 Å². The molecule has 27 heavy (non-hydrogen) atoms. The van der Waals surface area contributed by atoms with E-state index in [9.17, 15) is 4.79 Å². The van der Waals surface area contributed by atoms with Crippen LogP contribution in [0.3, 0.4) is 0 Å². The number of rotatable bonds is 4. The Morgan fingerprint density at radius 3 is 2.81 bits per heavy atom. The van der Waals surface area contributed by atoms with Crippen LogP contribution < -0.4 is 10.1 Å². The number of hydrogen-bond donors (Lipinski definition) is 1. The van der Waals surface area contributed by atoms with Crippen molar-refractivity contribution in [2.75, 3.05) is 12.4 Å². The highest BCUT2D eigenvalue weighted by atomic mass is 35.5. The summed E-state index contributed by atoms with van der Waals surface area (Å²) in [6, 6.07) is 13.1. The van der Waals surface area contributed by atoms with Crippen LogP contribution in [0.25, 0.3) is 16.9 Å². The molecule has 1 amide bonds. The molecule has 4 rings (SSSR count). The number of anilines is 1. The number of hydrogen-bond acceptors (Lipinski definition) is 4. The Morgan fingerprint density at radius 2 is 2.07 bits per heavy atom. The second kappa shape index (κ2) is 7.06. The first-order valence-electron chi connectivity index (χ1n) is 8.24. The molecule has 0 aliphatic rings. The molecule has 3 aromatic heterocycles. The van der Waals surface area contributed by atoms with E-state index in [2.05, 4.69) is 10.3 Å². The van der Waals surface area contributed by atoms with Gasteiger partial charge in [0.1, 0.15) is 11.4 Å². The summed E-state index contributed by atoms with van der Waals surface area (Å²) < 4.78 is 7.93. The summed E-state index contributed by atoms with van der Waals surface area (Å²) in [5.41, 5.74) is 4.31. The van der Waals surface area contributed by atoms with E-state index in [1.807, 2.05) is 54.0 Å². The molecule has 136 valence electrons. The monoisotopic (exact) mass is 397 g/mol. The highest BCUT2D eigenvalue weighted by molar-refractivity contribution is 7.18. The minimum absolute atomic E-state index is 0.229. The van der Waals surface area contributed by atoms with Crippen molar-refractivity contribution in [3.63, 3.8) is 0 Å². The molecule has 0 aliphatic carbocycles. The molecule has 0 saturated carbocycles. The third-order valence-corrected chi connectivity index (χ3v) is 5.39. The van der Waals surface area contributed by atoms with Crippen LogP contribution in [0, 0.1) is 6.92 Å². The maximum atomic E-state index is 12.5. The first kappa shape index (κ1) is 17.6. The lowest BCUT2D eigenvalue weighted by molar-refractivity contribution is 0.103. The molecule has 0 unspecified atom stereocenters. The SMILES string of the molecule is COc1ccc(-c2cn3ccc(C)cc3n2)cc1NC(=O)c1ccc(Cl)s1. The number of pyridine rings is 1. The van der Waals surface area contributed by atoms with E-state index in [1.54, 1.807) is 19.2 Å². The first-order valence-corrected chi connectivity index (χ1v) is 9.43. The normalized spacial score (nSPS) is 10.9. The van der Waals surface area contributed by atoms with Gasteiger partial charge in [0.15, 0.2) is 0 Å². The van der Waals surface area contributed by atoms with E-state index in [-0.39, 0.29) is 5.91 Å². The Kier molecular flexibility index (Phi) is 4.59. The number of aryl methyl sites for hydroxylation is 1.